The molecular formula is C26H32N4O3. The summed E-state index contributed by atoms with van der Waals surface area (Å²) in [6.07, 6.45) is 6.73. The number of nitrogens with zero attached hydrogens (tertiary/aromatic N) is 2. The first-order valence-corrected chi connectivity index (χ1v) is 11.1. The number of hydrogen-bond donors (Lipinski definition) is 2. The number of ether oxygens (including phenoxy) is 2. The highest BCUT2D eigenvalue weighted by atomic mass is 16.5. The number of methoxy groups -OCH3 is 1. The summed E-state index contributed by atoms with van der Waals surface area (Å²) in [4.78, 5) is 18.7. The first-order valence-electron chi connectivity index (χ1n) is 11.1. The number of aliphatic imine (C=N–C) groups is 1. The number of guanidine groups is 1. The van der Waals surface area contributed by atoms with Gasteiger partial charge in [0.15, 0.2) is 17.5 Å². The van der Waals surface area contributed by atoms with Crippen molar-refractivity contribution < 1.29 is 14.3 Å². The lowest BCUT2D eigenvalue weighted by molar-refractivity contribution is -0.127. The Kier molecular flexibility index (Phi) is 9.01. The van der Waals surface area contributed by atoms with E-state index in [1.807, 2.05) is 41.3 Å². The highest BCUT2D eigenvalue weighted by molar-refractivity contribution is 5.80. The Bertz CT molecular complexity index is 985. The molecule has 1 fully saturated rings. The van der Waals surface area contributed by atoms with E-state index in [-0.39, 0.29) is 18.4 Å². The van der Waals surface area contributed by atoms with E-state index in [0.29, 0.717) is 37.0 Å². The molecule has 7 nitrogen and oxygen atoms in total. The fraction of sp³-hybridized carbons (Fsp3) is 0.385. The predicted molar refractivity (Wildman–Crippen MR) is 130 cm³/mol. The summed E-state index contributed by atoms with van der Waals surface area (Å²) < 4.78 is 10.9. The van der Waals surface area contributed by atoms with Crippen molar-refractivity contribution in [2.24, 2.45) is 10.9 Å². The molecule has 1 aliphatic heterocycles. The lowest BCUT2D eigenvalue weighted by Gasteiger charge is -2.18. The first kappa shape index (κ1) is 24.0. The van der Waals surface area contributed by atoms with Crippen LogP contribution in [0.25, 0.3) is 0 Å². The van der Waals surface area contributed by atoms with E-state index in [9.17, 15) is 4.79 Å². The fourth-order valence-corrected chi connectivity index (χ4v) is 3.83. The van der Waals surface area contributed by atoms with Gasteiger partial charge in [0.2, 0.25) is 5.91 Å². The number of benzene rings is 2. The molecule has 174 valence electrons. The Balaban J connectivity index is 1.45. The van der Waals surface area contributed by atoms with Crippen molar-refractivity contribution in [3.8, 4) is 23.8 Å². The van der Waals surface area contributed by atoms with Crippen LogP contribution in [0.4, 0.5) is 0 Å². The van der Waals surface area contributed by atoms with Gasteiger partial charge in [-0.15, -0.1) is 6.42 Å². The molecule has 0 saturated carbocycles. The van der Waals surface area contributed by atoms with Crippen LogP contribution in [0.15, 0.2) is 53.5 Å². The number of rotatable bonds is 10. The third-order valence-corrected chi connectivity index (χ3v) is 5.59. The third-order valence-electron chi connectivity index (χ3n) is 5.59. The van der Waals surface area contributed by atoms with Crippen LogP contribution in [0.1, 0.15) is 17.5 Å². The lowest BCUT2D eigenvalue weighted by Crippen LogP contribution is -2.40. The zero-order valence-corrected chi connectivity index (χ0v) is 19.3. The van der Waals surface area contributed by atoms with Gasteiger partial charge in [-0.2, -0.15) is 0 Å². The number of carbonyl (C=O) groups is 1. The Labute approximate surface area is 196 Å². The SMILES string of the molecule is C#CCOc1cc(CNC(=NC)NCC2CC(=O)N(CCc3ccccc3)C2)ccc1OC. The normalized spacial score (nSPS) is 15.8. The van der Waals surface area contributed by atoms with Crippen LogP contribution >= 0.6 is 0 Å². The number of amides is 1. The van der Waals surface area contributed by atoms with E-state index < -0.39 is 0 Å². The summed E-state index contributed by atoms with van der Waals surface area (Å²) in [6.45, 7) is 2.95. The van der Waals surface area contributed by atoms with Crippen LogP contribution in [0, 0.1) is 18.3 Å². The second-order valence-corrected chi connectivity index (χ2v) is 7.93. The van der Waals surface area contributed by atoms with Crippen molar-refractivity contribution in [2.75, 3.05) is 40.4 Å². The zero-order valence-electron chi connectivity index (χ0n) is 19.3. The summed E-state index contributed by atoms with van der Waals surface area (Å²) in [7, 11) is 3.33. The highest BCUT2D eigenvalue weighted by Gasteiger charge is 2.29. The second-order valence-electron chi connectivity index (χ2n) is 7.93. The number of carbonyl (C=O) groups excluding carboxylic acids is 1. The van der Waals surface area contributed by atoms with Crippen molar-refractivity contribution in [3.63, 3.8) is 0 Å². The number of hydrogen-bond acceptors (Lipinski definition) is 4. The molecule has 1 heterocycles. The molecule has 1 amide bonds. The predicted octanol–water partition coefficient (Wildman–Crippen LogP) is 2.46. The molecule has 0 bridgehead atoms. The van der Waals surface area contributed by atoms with Gasteiger partial charge >= 0.3 is 0 Å². The molecule has 3 rings (SSSR count). The average molecular weight is 449 g/mol. The molecular weight excluding hydrogens is 416 g/mol. The summed E-state index contributed by atoms with van der Waals surface area (Å²) in [5, 5.41) is 6.65. The summed E-state index contributed by atoms with van der Waals surface area (Å²) in [5.41, 5.74) is 2.26. The zero-order chi connectivity index (χ0) is 23.5. The van der Waals surface area contributed by atoms with Crippen LogP contribution in [-0.2, 0) is 17.8 Å². The van der Waals surface area contributed by atoms with Crippen LogP contribution in [0.3, 0.4) is 0 Å². The number of nitrogens with one attached hydrogen (secondary N) is 2. The Morgan fingerprint density at radius 2 is 2.00 bits per heavy atom. The third kappa shape index (κ3) is 7.18. The van der Waals surface area contributed by atoms with Gasteiger partial charge in [0.25, 0.3) is 0 Å². The Morgan fingerprint density at radius 1 is 1.18 bits per heavy atom. The van der Waals surface area contributed by atoms with E-state index in [4.69, 9.17) is 15.9 Å². The topological polar surface area (TPSA) is 75.2 Å². The Morgan fingerprint density at radius 3 is 2.73 bits per heavy atom. The minimum atomic E-state index is 0.180. The second kappa shape index (κ2) is 12.4. The minimum Gasteiger partial charge on any atom is -0.493 e. The monoisotopic (exact) mass is 448 g/mol. The molecule has 2 aromatic carbocycles. The standard InChI is InChI=1S/C26H32N4O3/c1-4-14-33-24-15-21(10-11-23(24)32-3)17-28-26(27-2)29-18-22-16-25(31)30(19-22)13-12-20-8-6-5-7-9-20/h1,5-11,15,22H,12-14,16-19H2,2-3H3,(H2,27,28,29). The molecule has 2 N–H and O–H groups in total. The van der Waals surface area contributed by atoms with Gasteiger partial charge in [-0.25, -0.2) is 0 Å². The molecule has 0 aliphatic carbocycles. The lowest BCUT2D eigenvalue weighted by atomic mass is 10.1. The van der Waals surface area contributed by atoms with E-state index in [0.717, 1.165) is 25.1 Å². The molecule has 0 spiro atoms. The van der Waals surface area contributed by atoms with E-state index in [2.05, 4.69) is 33.7 Å². The van der Waals surface area contributed by atoms with Gasteiger partial charge in [0.1, 0.15) is 6.61 Å². The summed E-state index contributed by atoms with van der Waals surface area (Å²) in [5.74, 6) is 4.88. The van der Waals surface area contributed by atoms with Crippen molar-refractivity contribution in [1.29, 1.82) is 0 Å². The van der Waals surface area contributed by atoms with E-state index >= 15 is 0 Å². The van der Waals surface area contributed by atoms with Gasteiger partial charge in [0, 0.05) is 45.6 Å². The largest absolute Gasteiger partial charge is 0.493 e. The number of likely N-dealkylation sites (tertiary alicyclic amines) is 1. The average Bonchev–Trinajstić information content (AvgIpc) is 3.21. The first-order chi connectivity index (χ1) is 16.1. The van der Waals surface area contributed by atoms with Crippen molar-refractivity contribution in [2.45, 2.75) is 19.4 Å². The van der Waals surface area contributed by atoms with Gasteiger partial charge in [-0.1, -0.05) is 42.3 Å². The molecule has 7 heteroatoms. The van der Waals surface area contributed by atoms with Gasteiger partial charge in [0.05, 0.1) is 7.11 Å². The molecule has 2 aromatic rings. The van der Waals surface area contributed by atoms with Gasteiger partial charge in [-0.05, 0) is 29.7 Å². The fourth-order valence-electron chi connectivity index (χ4n) is 3.83. The smallest absolute Gasteiger partial charge is 0.223 e. The van der Waals surface area contributed by atoms with Gasteiger partial charge in [-0.3, -0.25) is 9.79 Å². The molecule has 1 aliphatic rings. The molecule has 0 aromatic heterocycles. The van der Waals surface area contributed by atoms with E-state index in [1.165, 1.54) is 5.56 Å². The van der Waals surface area contributed by atoms with Crippen LogP contribution in [-0.4, -0.2) is 57.2 Å². The molecule has 33 heavy (non-hydrogen) atoms. The quantitative estimate of drug-likeness (QED) is 0.332. The van der Waals surface area contributed by atoms with Crippen LogP contribution in [0.5, 0.6) is 11.5 Å². The van der Waals surface area contributed by atoms with Crippen molar-refractivity contribution >= 4 is 11.9 Å². The van der Waals surface area contributed by atoms with Gasteiger partial charge < -0.3 is 25.0 Å². The molecule has 1 atom stereocenters. The minimum absolute atomic E-state index is 0.180. The molecule has 0 radical (unpaired) electrons. The number of terminal acetylenes is 1. The maximum Gasteiger partial charge on any atom is 0.223 e. The van der Waals surface area contributed by atoms with Crippen molar-refractivity contribution in [1.82, 2.24) is 15.5 Å². The summed E-state index contributed by atoms with van der Waals surface area (Å²) >= 11 is 0. The highest BCUT2D eigenvalue weighted by Crippen LogP contribution is 2.28. The maximum atomic E-state index is 12.4. The summed E-state index contributed by atoms with van der Waals surface area (Å²) in [6, 6.07) is 16.0. The van der Waals surface area contributed by atoms with E-state index in [1.54, 1.807) is 14.2 Å². The van der Waals surface area contributed by atoms with Crippen molar-refractivity contribution in [3.05, 3.63) is 59.7 Å². The van der Waals surface area contributed by atoms with Crippen LogP contribution < -0.4 is 20.1 Å². The van der Waals surface area contributed by atoms with Crippen LogP contribution in [0.2, 0.25) is 0 Å². The Hall–Kier alpha value is -3.66. The molecule has 1 unspecified atom stereocenters. The molecule has 1 saturated heterocycles. The maximum absolute atomic E-state index is 12.4.